The second-order valence-electron chi connectivity index (χ2n) is 9.90. The summed E-state index contributed by atoms with van der Waals surface area (Å²) in [6.07, 6.45) is 3.08. The van der Waals surface area contributed by atoms with E-state index < -0.39 is 5.60 Å². The standard InChI is InChI=1S/C29H33FN4O4/c1-21(2)27-31-16-23(17-32-27)28(36)34-13-14-38-29(19-34,20-37-25-11-9-24(30)10-12-25)15-26(35)33(3)18-22-7-5-4-6-8-22/h4-12,16-17,21H,13-15,18-20H2,1-3H3/t29-/m0/s1. The van der Waals surface area contributed by atoms with E-state index in [1.807, 2.05) is 44.2 Å². The van der Waals surface area contributed by atoms with Crippen molar-refractivity contribution in [2.75, 3.05) is 33.4 Å². The maximum Gasteiger partial charge on any atom is 0.257 e. The van der Waals surface area contributed by atoms with Crippen molar-refractivity contribution in [1.82, 2.24) is 19.8 Å². The van der Waals surface area contributed by atoms with E-state index in [0.717, 1.165) is 5.56 Å². The summed E-state index contributed by atoms with van der Waals surface area (Å²) in [7, 11) is 1.74. The Balaban J connectivity index is 1.52. The van der Waals surface area contributed by atoms with Crippen molar-refractivity contribution >= 4 is 11.8 Å². The summed E-state index contributed by atoms with van der Waals surface area (Å²) in [5.41, 5.74) is 0.284. The molecular formula is C29H33FN4O4. The monoisotopic (exact) mass is 520 g/mol. The molecule has 0 bridgehead atoms. The Kier molecular flexibility index (Phi) is 8.68. The molecule has 1 aliphatic rings. The van der Waals surface area contributed by atoms with Crippen LogP contribution in [-0.4, -0.2) is 70.5 Å². The molecule has 38 heavy (non-hydrogen) atoms. The third kappa shape index (κ3) is 6.92. The van der Waals surface area contributed by atoms with Crippen LogP contribution in [0.3, 0.4) is 0 Å². The molecule has 2 aromatic carbocycles. The smallest absolute Gasteiger partial charge is 0.257 e. The fourth-order valence-corrected chi connectivity index (χ4v) is 4.29. The number of hydrogen-bond acceptors (Lipinski definition) is 6. The van der Waals surface area contributed by atoms with Crippen molar-refractivity contribution < 1.29 is 23.5 Å². The van der Waals surface area contributed by atoms with Gasteiger partial charge in [0.05, 0.1) is 25.1 Å². The predicted molar refractivity (Wildman–Crippen MR) is 140 cm³/mol. The molecule has 0 N–H and O–H groups in total. The number of hydrogen-bond donors (Lipinski definition) is 0. The topological polar surface area (TPSA) is 84.9 Å². The molecule has 4 rings (SSSR count). The first-order chi connectivity index (χ1) is 18.2. The van der Waals surface area contributed by atoms with Gasteiger partial charge < -0.3 is 19.3 Å². The number of halogens is 1. The van der Waals surface area contributed by atoms with Crippen LogP contribution in [0.15, 0.2) is 67.0 Å². The molecule has 1 aromatic heterocycles. The first kappa shape index (κ1) is 27.2. The zero-order chi connectivity index (χ0) is 27.1. The van der Waals surface area contributed by atoms with Gasteiger partial charge in [0, 0.05) is 38.4 Å². The van der Waals surface area contributed by atoms with Gasteiger partial charge in [0.15, 0.2) is 0 Å². The number of carbonyl (C=O) groups excluding carboxylic acids is 2. The van der Waals surface area contributed by atoms with Crippen molar-refractivity contribution in [2.24, 2.45) is 0 Å². The highest BCUT2D eigenvalue weighted by Crippen LogP contribution is 2.27. The summed E-state index contributed by atoms with van der Waals surface area (Å²) in [5, 5.41) is 0. The average molecular weight is 521 g/mol. The molecule has 1 fully saturated rings. The number of rotatable bonds is 9. The largest absolute Gasteiger partial charge is 0.490 e. The van der Waals surface area contributed by atoms with Gasteiger partial charge in [-0.15, -0.1) is 0 Å². The number of carbonyl (C=O) groups is 2. The van der Waals surface area contributed by atoms with E-state index in [1.165, 1.54) is 36.7 Å². The maximum atomic E-state index is 13.4. The highest BCUT2D eigenvalue weighted by molar-refractivity contribution is 5.93. The highest BCUT2D eigenvalue weighted by atomic mass is 19.1. The molecule has 0 radical (unpaired) electrons. The minimum atomic E-state index is -1.09. The summed E-state index contributed by atoms with van der Waals surface area (Å²) in [5.74, 6) is 0.507. The van der Waals surface area contributed by atoms with Crippen molar-refractivity contribution in [3.05, 3.63) is 89.8 Å². The molecule has 8 nitrogen and oxygen atoms in total. The summed E-state index contributed by atoms with van der Waals surface area (Å²) < 4.78 is 25.5. The molecule has 1 saturated heterocycles. The SMILES string of the molecule is CC(C)c1ncc(C(=O)N2CCO[C@@](COc3ccc(F)cc3)(CC(=O)N(C)Cc3ccccc3)C2)cn1. The first-order valence-corrected chi connectivity index (χ1v) is 12.7. The molecule has 0 spiro atoms. The summed E-state index contributed by atoms with van der Waals surface area (Å²) in [4.78, 5) is 38.6. The molecule has 200 valence electrons. The van der Waals surface area contributed by atoms with Crippen LogP contribution in [0.4, 0.5) is 4.39 Å². The molecule has 2 heterocycles. The fourth-order valence-electron chi connectivity index (χ4n) is 4.29. The minimum Gasteiger partial charge on any atom is -0.490 e. The molecule has 9 heteroatoms. The number of benzene rings is 2. The molecular weight excluding hydrogens is 487 g/mol. The molecule has 3 aromatic rings. The maximum absolute atomic E-state index is 13.4. The summed E-state index contributed by atoms with van der Waals surface area (Å²) in [6, 6.07) is 15.3. The van der Waals surface area contributed by atoms with E-state index in [2.05, 4.69) is 9.97 Å². The normalized spacial score (nSPS) is 17.3. The van der Waals surface area contributed by atoms with E-state index >= 15 is 0 Å². The van der Waals surface area contributed by atoms with Crippen LogP contribution in [0.5, 0.6) is 5.75 Å². The van der Waals surface area contributed by atoms with Crippen LogP contribution in [0.1, 0.15) is 47.9 Å². The van der Waals surface area contributed by atoms with Crippen molar-refractivity contribution in [3.63, 3.8) is 0 Å². The Labute approximate surface area is 222 Å². The highest BCUT2D eigenvalue weighted by Gasteiger charge is 2.42. The van der Waals surface area contributed by atoms with Crippen molar-refractivity contribution in [2.45, 2.75) is 38.3 Å². The van der Waals surface area contributed by atoms with Crippen molar-refractivity contribution in [3.8, 4) is 5.75 Å². The number of amides is 2. The molecule has 2 amide bonds. The van der Waals surface area contributed by atoms with E-state index in [-0.39, 0.29) is 49.7 Å². The van der Waals surface area contributed by atoms with Crippen LogP contribution in [0.2, 0.25) is 0 Å². The number of ether oxygens (including phenoxy) is 2. The van der Waals surface area contributed by atoms with Crippen LogP contribution in [0.25, 0.3) is 0 Å². The van der Waals surface area contributed by atoms with Gasteiger partial charge in [-0.2, -0.15) is 0 Å². The van der Waals surface area contributed by atoms with Gasteiger partial charge in [-0.3, -0.25) is 9.59 Å². The second kappa shape index (κ2) is 12.1. The van der Waals surface area contributed by atoms with Crippen molar-refractivity contribution in [1.29, 1.82) is 0 Å². The van der Waals surface area contributed by atoms with Crippen LogP contribution in [-0.2, 0) is 16.1 Å². The lowest BCUT2D eigenvalue weighted by Crippen LogP contribution is -2.58. The predicted octanol–water partition coefficient (Wildman–Crippen LogP) is 4.08. The lowest BCUT2D eigenvalue weighted by molar-refractivity contribution is -0.152. The van der Waals surface area contributed by atoms with E-state index in [9.17, 15) is 14.0 Å². The lowest BCUT2D eigenvalue weighted by atomic mass is 9.96. The third-order valence-corrected chi connectivity index (χ3v) is 6.45. The van der Waals surface area contributed by atoms with Crippen LogP contribution < -0.4 is 4.74 Å². The van der Waals surface area contributed by atoms with E-state index in [0.29, 0.717) is 30.2 Å². The molecule has 0 unspecified atom stereocenters. The summed E-state index contributed by atoms with van der Waals surface area (Å²) in [6.45, 7) is 5.16. The zero-order valence-electron chi connectivity index (χ0n) is 22.0. The fraction of sp³-hybridized carbons (Fsp3) is 0.379. The second-order valence-corrected chi connectivity index (χ2v) is 9.90. The summed E-state index contributed by atoms with van der Waals surface area (Å²) >= 11 is 0. The Hall–Kier alpha value is -3.85. The Morgan fingerprint density at radius 2 is 1.79 bits per heavy atom. The van der Waals surface area contributed by atoms with Crippen LogP contribution >= 0.6 is 0 Å². The van der Waals surface area contributed by atoms with Gasteiger partial charge in [-0.25, -0.2) is 14.4 Å². The number of morpholine rings is 1. The quantitative estimate of drug-likeness (QED) is 0.423. The van der Waals surface area contributed by atoms with E-state index in [1.54, 1.807) is 16.8 Å². The third-order valence-electron chi connectivity index (χ3n) is 6.45. The van der Waals surface area contributed by atoms with Gasteiger partial charge >= 0.3 is 0 Å². The Morgan fingerprint density at radius 3 is 2.45 bits per heavy atom. The molecule has 0 aliphatic carbocycles. The van der Waals surface area contributed by atoms with Gasteiger partial charge in [-0.1, -0.05) is 44.2 Å². The Bertz CT molecular complexity index is 1220. The van der Waals surface area contributed by atoms with E-state index in [4.69, 9.17) is 9.47 Å². The van der Waals surface area contributed by atoms with Gasteiger partial charge in [0.2, 0.25) is 5.91 Å². The lowest BCUT2D eigenvalue weighted by Gasteiger charge is -2.42. The van der Waals surface area contributed by atoms with Gasteiger partial charge in [0.25, 0.3) is 5.91 Å². The Morgan fingerprint density at radius 1 is 1.11 bits per heavy atom. The molecule has 0 saturated carbocycles. The minimum absolute atomic E-state index is 0.00406. The van der Waals surface area contributed by atoms with Crippen LogP contribution in [0, 0.1) is 5.82 Å². The number of nitrogens with zero attached hydrogens (tertiary/aromatic N) is 4. The van der Waals surface area contributed by atoms with Gasteiger partial charge in [0.1, 0.15) is 29.6 Å². The first-order valence-electron chi connectivity index (χ1n) is 12.7. The number of aromatic nitrogens is 2. The van der Waals surface area contributed by atoms with Gasteiger partial charge in [-0.05, 0) is 29.8 Å². The average Bonchev–Trinajstić information content (AvgIpc) is 2.93. The molecule has 1 atom stereocenters. The molecule has 1 aliphatic heterocycles. The zero-order valence-corrected chi connectivity index (χ0v) is 22.0.